The van der Waals surface area contributed by atoms with Gasteiger partial charge in [0, 0.05) is 4.47 Å². The normalized spacial score (nSPS) is 11.0. The standard InChI is InChI=1S/C21H20BrN3O5S/c1-31(28,29)25(16-10-8-15(22)9-11-16)14-20(26)24-19-7-3-2-6-18(19)21(27)23-13-17-5-4-12-30-17/h2-12H,13-14H2,1H3,(H,23,27)(H,24,26). The average Bonchev–Trinajstić information content (AvgIpc) is 3.24. The summed E-state index contributed by atoms with van der Waals surface area (Å²) in [6, 6.07) is 16.5. The maximum absolute atomic E-state index is 12.7. The Balaban J connectivity index is 1.73. The SMILES string of the molecule is CS(=O)(=O)N(CC(=O)Nc1ccccc1C(=O)NCc1ccco1)c1ccc(Br)cc1. The van der Waals surface area contributed by atoms with Crippen molar-refractivity contribution in [1.29, 1.82) is 0 Å². The fourth-order valence-corrected chi connectivity index (χ4v) is 3.91. The first kappa shape index (κ1) is 22.6. The highest BCUT2D eigenvalue weighted by atomic mass is 79.9. The summed E-state index contributed by atoms with van der Waals surface area (Å²) in [4.78, 5) is 25.2. The zero-order valence-corrected chi connectivity index (χ0v) is 18.9. The molecule has 0 fully saturated rings. The van der Waals surface area contributed by atoms with Gasteiger partial charge in [0.1, 0.15) is 12.3 Å². The Morgan fingerprint density at radius 3 is 2.39 bits per heavy atom. The van der Waals surface area contributed by atoms with Crippen LogP contribution in [0, 0.1) is 0 Å². The zero-order valence-electron chi connectivity index (χ0n) is 16.5. The summed E-state index contributed by atoms with van der Waals surface area (Å²) in [6.45, 7) is -0.248. The van der Waals surface area contributed by atoms with Crippen molar-refractivity contribution in [1.82, 2.24) is 5.32 Å². The van der Waals surface area contributed by atoms with Gasteiger partial charge in [-0.3, -0.25) is 13.9 Å². The molecule has 31 heavy (non-hydrogen) atoms. The molecule has 0 saturated carbocycles. The lowest BCUT2D eigenvalue weighted by molar-refractivity contribution is -0.114. The molecular formula is C21H20BrN3O5S. The number of sulfonamides is 1. The highest BCUT2D eigenvalue weighted by molar-refractivity contribution is 9.10. The molecule has 3 aromatic rings. The molecule has 0 aliphatic carbocycles. The third-order valence-corrected chi connectivity index (χ3v) is 5.92. The van der Waals surface area contributed by atoms with Gasteiger partial charge in [-0.05, 0) is 48.5 Å². The van der Waals surface area contributed by atoms with Crippen LogP contribution in [-0.2, 0) is 21.4 Å². The minimum Gasteiger partial charge on any atom is -0.467 e. The van der Waals surface area contributed by atoms with Gasteiger partial charge in [0.15, 0.2) is 0 Å². The molecule has 1 aromatic heterocycles. The Hall–Kier alpha value is -3.11. The predicted octanol–water partition coefficient (Wildman–Crippen LogP) is 3.38. The number of furan rings is 1. The van der Waals surface area contributed by atoms with Crippen LogP contribution in [0.3, 0.4) is 0 Å². The van der Waals surface area contributed by atoms with Gasteiger partial charge < -0.3 is 15.1 Å². The molecule has 0 aliphatic heterocycles. The third-order valence-electron chi connectivity index (χ3n) is 4.25. The Morgan fingerprint density at radius 1 is 1.03 bits per heavy atom. The number of carbonyl (C=O) groups excluding carboxylic acids is 2. The molecule has 0 unspecified atom stereocenters. The van der Waals surface area contributed by atoms with Crippen LogP contribution in [0.25, 0.3) is 0 Å². The van der Waals surface area contributed by atoms with Crippen LogP contribution in [0.15, 0.2) is 75.8 Å². The number of amides is 2. The molecule has 0 atom stereocenters. The smallest absolute Gasteiger partial charge is 0.253 e. The maximum Gasteiger partial charge on any atom is 0.253 e. The maximum atomic E-state index is 12.7. The Morgan fingerprint density at radius 2 is 1.74 bits per heavy atom. The van der Waals surface area contributed by atoms with Crippen molar-refractivity contribution in [3.63, 3.8) is 0 Å². The van der Waals surface area contributed by atoms with Gasteiger partial charge in [-0.25, -0.2) is 8.42 Å². The summed E-state index contributed by atoms with van der Waals surface area (Å²) in [5, 5.41) is 5.35. The van der Waals surface area contributed by atoms with Crippen molar-refractivity contribution in [2.24, 2.45) is 0 Å². The first-order valence-corrected chi connectivity index (χ1v) is 11.8. The van der Waals surface area contributed by atoms with Crippen molar-refractivity contribution in [2.45, 2.75) is 6.54 Å². The van der Waals surface area contributed by atoms with E-state index in [1.165, 1.54) is 6.26 Å². The van der Waals surface area contributed by atoms with Gasteiger partial charge in [0.2, 0.25) is 15.9 Å². The van der Waals surface area contributed by atoms with Crippen LogP contribution in [-0.4, -0.2) is 33.0 Å². The number of rotatable bonds is 8. The lowest BCUT2D eigenvalue weighted by Crippen LogP contribution is -2.37. The van der Waals surface area contributed by atoms with E-state index in [4.69, 9.17) is 4.42 Å². The molecule has 162 valence electrons. The highest BCUT2D eigenvalue weighted by Gasteiger charge is 2.22. The molecule has 1 heterocycles. The number of benzene rings is 2. The van der Waals surface area contributed by atoms with Crippen LogP contribution in [0.4, 0.5) is 11.4 Å². The van der Waals surface area contributed by atoms with Crippen LogP contribution in [0.1, 0.15) is 16.1 Å². The third kappa shape index (κ3) is 6.19. The molecule has 2 N–H and O–H groups in total. The summed E-state index contributed by atoms with van der Waals surface area (Å²) < 4.78 is 31.4. The number of halogens is 1. The molecule has 0 bridgehead atoms. The molecular weight excluding hydrogens is 486 g/mol. The molecule has 0 spiro atoms. The van der Waals surface area contributed by atoms with E-state index in [1.54, 1.807) is 60.7 Å². The lowest BCUT2D eigenvalue weighted by Gasteiger charge is -2.22. The molecule has 0 aliphatic rings. The fraction of sp³-hybridized carbons (Fsp3) is 0.143. The first-order valence-electron chi connectivity index (χ1n) is 9.17. The second-order valence-electron chi connectivity index (χ2n) is 6.60. The molecule has 0 saturated heterocycles. The van der Waals surface area contributed by atoms with Crippen LogP contribution in [0.2, 0.25) is 0 Å². The van der Waals surface area contributed by atoms with E-state index in [0.29, 0.717) is 11.4 Å². The van der Waals surface area contributed by atoms with Gasteiger partial charge in [0.05, 0.1) is 36.0 Å². The van der Waals surface area contributed by atoms with Gasteiger partial charge in [0.25, 0.3) is 5.91 Å². The molecule has 2 amide bonds. The monoisotopic (exact) mass is 505 g/mol. The quantitative estimate of drug-likeness (QED) is 0.487. The number of hydrogen-bond acceptors (Lipinski definition) is 5. The molecule has 2 aromatic carbocycles. The minimum atomic E-state index is -3.71. The van der Waals surface area contributed by atoms with Crippen molar-refractivity contribution in [3.8, 4) is 0 Å². The number of anilines is 2. The number of carbonyl (C=O) groups is 2. The number of hydrogen-bond donors (Lipinski definition) is 2. The van der Waals surface area contributed by atoms with E-state index >= 15 is 0 Å². The number of nitrogens with one attached hydrogen (secondary N) is 2. The minimum absolute atomic E-state index is 0.194. The molecule has 3 rings (SSSR count). The van der Waals surface area contributed by atoms with Crippen molar-refractivity contribution >= 4 is 49.1 Å². The van der Waals surface area contributed by atoms with Crippen molar-refractivity contribution in [3.05, 3.63) is 82.7 Å². The molecule has 10 heteroatoms. The zero-order chi connectivity index (χ0) is 22.4. The van der Waals surface area contributed by atoms with E-state index in [9.17, 15) is 18.0 Å². The van der Waals surface area contributed by atoms with Gasteiger partial charge in [-0.1, -0.05) is 28.1 Å². The van der Waals surface area contributed by atoms with E-state index in [2.05, 4.69) is 26.6 Å². The summed E-state index contributed by atoms with van der Waals surface area (Å²) in [7, 11) is -3.71. The summed E-state index contributed by atoms with van der Waals surface area (Å²) in [5.41, 5.74) is 0.871. The Labute approximate surface area is 188 Å². The number of para-hydroxylation sites is 1. The van der Waals surface area contributed by atoms with Crippen LogP contribution < -0.4 is 14.9 Å². The van der Waals surface area contributed by atoms with Crippen LogP contribution in [0.5, 0.6) is 0 Å². The van der Waals surface area contributed by atoms with Crippen molar-refractivity contribution in [2.75, 3.05) is 22.4 Å². The number of nitrogens with zero attached hydrogens (tertiary/aromatic N) is 1. The summed E-state index contributed by atoms with van der Waals surface area (Å²) >= 11 is 3.30. The van der Waals surface area contributed by atoms with E-state index in [0.717, 1.165) is 15.0 Å². The summed E-state index contributed by atoms with van der Waals surface area (Å²) in [6.07, 6.45) is 2.53. The predicted molar refractivity (Wildman–Crippen MR) is 121 cm³/mol. The highest BCUT2D eigenvalue weighted by Crippen LogP contribution is 2.21. The van der Waals surface area contributed by atoms with Crippen LogP contribution >= 0.6 is 15.9 Å². The van der Waals surface area contributed by atoms with Crippen molar-refractivity contribution < 1.29 is 22.4 Å². The largest absolute Gasteiger partial charge is 0.467 e. The van der Waals surface area contributed by atoms with Gasteiger partial charge >= 0.3 is 0 Å². The topological polar surface area (TPSA) is 109 Å². The summed E-state index contributed by atoms with van der Waals surface area (Å²) in [5.74, 6) is -0.395. The fourth-order valence-electron chi connectivity index (χ4n) is 2.79. The average molecular weight is 506 g/mol. The Kier molecular flexibility index (Phi) is 7.13. The van der Waals surface area contributed by atoms with E-state index in [-0.39, 0.29) is 17.8 Å². The first-order chi connectivity index (χ1) is 14.7. The molecule has 0 radical (unpaired) electrons. The Bertz CT molecular complexity index is 1160. The van der Waals surface area contributed by atoms with Gasteiger partial charge in [-0.15, -0.1) is 0 Å². The second-order valence-corrected chi connectivity index (χ2v) is 9.42. The van der Waals surface area contributed by atoms with E-state index < -0.39 is 28.4 Å². The van der Waals surface area contributed by atoms with E-state index in [1.807, 2.05) is 0 Å². The van der Waals surface area contributed by atoms with Gasteiger partial charge in [-0.2, -0.15) is 0 Å². The lowest BCUT2D eigenvalue weighted by atomic mass is 10.1. The molecule has 8 nitrogen and oxygen atoms in total. The second kappa shape index (κ2) is 9.80.